The molecule has 5 nitrogen and oxygen atoms in total. The quantitative estimate of drug-likeness (QED) is 0.142. The number of para-hydroxylation sites is 6. The van der Waals surface area contributed by atoms with Gasteiger partial charge in [0.05, 0.1) is 22.1 Å². The summed E-state index contributed by atoms with van der Waals surface area (Å²) in [5.41, 5.74) is 23.8. The number of aromatic nitrogens is 2. The van der Waals surface area contributed by atoms with Gasteiger partial charge in [0.2, 0.25) is 0 Å². The van der Waals surface area contributed by atoms with E-state index in [1.165, 1.54) is 71.9 Å². The Morgan fingerprint density at radius 2 is 0.890 bits per heavy atom. The molecule has 0 amide bonds. The zero-order chi connectivity index (χ0) is 49.0. The van der Waals surface area contributed by atoms with Crippen LogP contribution in [0.25, 0.3) is 44.2 Å². The van der Waals surface area contributed by atoms with Crippen LogP contribution in [0.4, 0.5) is 51.2 Å². The van der Waals surface area contributed by atoms with E-state index in [0.717, 1.165) is 51.0 Å². The molecular formula is C67H52BN5. The van der Waals surface area contributed by atoms with Crippen molar-refractivity contribution in [3.8, 4) is 11.4 Å². The second-order valence-corrected chi connectivity index (χ2v) is 20.7. The highest BCUT2D eigenvalue weighted by Crippen LogP contribution is 2.48. The fourth-order valence-electron chi connectivity index (χ4n) is 12.0. The maximum atomic E-state index is 2.63. The van der Waals surface area contributed by atoms with E-state index in [0.29, 0.717) is 0 Å². The van der Waals surface area contributed by atoms with Crippen molar-refractivity contribution in [1.82, 2.24) is 9.13 Å². The number of anilines is 9. The van der Waals surface area contributed by atoms with Crippen LogP contribution < -0.4 is 31.1 Å². The molecule has 0 saturated carbocycles. The van der Waals surface area contributed by atoms with Crippen LogP contribution in [-0.2, 0) is 5.41 Å². The van der Waals surface area contributed by atoms with Crippen LogP contribution in [0.15, 0.2) is 243 Å². The van der Waals surface area contributed by atoms with Crippen LogP contribution in [0.3, 0.4) is 0 Å². The molecule has 0 aliphatic carbocycles. The topological polar surface area (TPSA) is 19.6 Å². The van der Waals surface area contributed by atoms with Gasteiger partial charge in [0.25, 0.3) is 6.71 Å². The van der Waals surface area contributed by atoms with Crippen molar-refractivity contribution in [2.45, 2.75) is 33.1 Å². The molecule has 0 spiro atoms. The first-order valence-electron chi connectivity index (χ1n) is 25.5. The van der Waals surface area contributed by atoms with Crippen molar-refractivity contribution in [3.63, 3.8) is 0 Å². The third kappa shape index (κ3) is 6.70. The minimum absolute atomic E-state index is 0.0258. The lowest BCUT2D eigenvalue weighted by atomic mass is 9.33. The molecule has 0 bridgehead atoms. The van der Waals surface area contributed by atoms with Crippen molar-refractivity contribution in [2.24, 2.45) is 0 Å². The average Bonchev–Trinajstić information content (AvgIpc) is 3.94. The first-order chi connectivity index (χ1) is 35.8. The van der Waals surface area contributed by atoms with Crippen LogP contribution in [0.2, 0.25) is 0 Å². The minimum Gasteiger partial charge on any atom is -0.311 e. The van der Waals surface area contributed by atoms with E-state index in [4.69, 9.17) is 0 Å². The molecule has 0 atom stereocenters. The Balaban J connectivity index is 1.07. The number of hydrogen-bond donors (Lipinski definition) is 0. The minimum atomic E-state index is -0.0458. The zero-order valence-electron chi connectivity index (χ0n) is 41.4. The number of nitrogens with zero attached hydrogens (tertiary/aromatic N) is 5. The smallest absolute Gasteiger partial charge is 0.252 e. The van der Waals surface area contributed by atoms with Gasteiger partial charge < -0.3 is 23.8 Å². The highest BCUT2D eigenvalue weighted by molar-refractivity contribution is 7.00. The molecule has 10 aromatic carbocycles. The third-order valence-corrected chi connectivity index (χ3v) is 15.2. The van der Waals surface area contributed by atoms with Crippen molar-refractivity contribution in [2.75, 3.05) is 14.7 Å². The molecule has 0 N–H and O–H groups in total. The molecule has 0 fully saturated rings. The van der Waals surface area contributed by atoms with Gasteiger partial charge >= 0.3 is 0 Å². The number of aryl methyl sites for hydroxylation is 1. The molecular weight excluding hydrogens is 886 g/mol. The zero-order valence-corrected chi connectivity index (χ0v) is 41.4. The second-order valence-electron chi connectivity index (χ2n) is 20.7. The number of benzene rings is 10. The second kappa shape index (κ2) is 16.5. The molecule has 6 heteroatoms. The number of fused-ring (bicyclic) bond motifs is 9. The summed E-state index contributed by atoms with van der Waals surface area (Å²) in [5.74, 6) is 0. The van der Waals surface area contributed by atoms with E-state index in [-0.39, 0.29) is 12.1 Å². The van der Waals surface area contributed by atoms with E-state index in [1.807, 2.05) is 0 Å². The van der Waals surface area contributed by atoms with Crippen LogP contribution >= 0.6 is 0 Å². The normalized spacial score (nSPS) is 12.6. The van der Waals surface area contributed by atoms with Crippen molar-refractivity contribution in [3.05, 3.63) is 254 Å². The average molecular weight is 938 g/mol. The summed E-state index contributed by atoms with van der Waals surface area (Å²) in [6.07, 6.45) is 0. The summed E-state index contributed by atoms with van der Waals surface area (Å²) >= 11 is 0. The van der Waals surface area contributed by atoms with Gasteiger partial charge in [-0.05, 0) is 155 Å². The Kier molecular flexibility index (Phi) is 9.71. The van der Waals surface area contributed by atoms with Crippen molar-refractivity contribution in [1.29, 1.82) is 0 Å². The van der Waals surface area contributed by atoms with Gasteiger partial charge in [-0.3, -0.25) is 0 Å². The number of rotatable bonds is 8. The first kappa shape index (κ1) is 42.8. The Morgan fingerprint density at radius 3 is 1.49 bits per heavy atom. The lowest BCUT2D eigenvalue weighted by Crippen LogP contribution is -2.60. The van der Waals surface area contributed by atoms with E-state index < -0.39 is 0 Å². The summed E-state index contributed by atoms with van der Waals surface area (Å²) < 4.78 is 5.15. The lowest BCUT2D eigenvalue weighted by molar-refractivity contribution is 0.590. The van der Waals surface area contributed by atoms with E-state index in [1.54, 1.807) is 0 Å². The SMILES string of the molecule is Cc1cc2c3c(c1)-n1c4c(cccc4c4c1c1ccc(N(c5ccccc5)c5ccccc5)cc1n4-c1ccccc1)B3c1ccc(N(c3ccccc3)c3ccccc3)cc1N2c1cccc(C(C)(C)C)c1. The molecule has 2 aliphatic heterocycles. The fourth-order valence-corrected chi connectivity index (χ4v) is 12.0. The van der Waals surface area contributed by atoms with Crippen LogP contribution in [0, 0.1) is 6.92 Å². The van der Waals surface area contributed by atoms with Gasteiger partial charge in [-0.2, -0.15) is 0 Å². The third-order valence-electron chi connectivity index (χ3n) is 15.2. The van der Waals surface area contributed by atoms with E-state index in [9.17, 15) is 0 Å². The monoisotopic (exact) mass is 937 g/mol. The summed E-state index contributed by atoms with van der Waals surface area (Å²) in [7, 11) is 0. The van der Waals surface area contributed by atoms with Gasteiger partial charge in [-0.15, -0.1) is 0 Å². The Labute approximate surface area is 427 Å². The summed E-state index contributed by atoms with van der Waals surface area (Å²) in [6.45, 7) is 9.18. The summed E-state index contributed by atoms with van der Waals surface area (Å²) in [6, 6.07) is 89.4. The van der Waals surface area contributed by atoms with Gasteiger partial charge in [-0.25, -0.2) is 0 Å². The van der Waals surface area contributed by atoms with Gasteiger partial charge in [-0.1, -0.05) is 148 Å². The first-order valence-corrected chi connectivity index (χ1v) is 25.5. The standard InChI is InChI=1S/C67H52BN5/c1-45-40-61-63-62(41-45)73-64-56(66-65(73)55-38-36-53(43-59(55)72(66)51-31-18-9-19-32-51)69(47-23-10-5-11-24-47)48-25-12-6-13-26-48)34-21-35-58(64)68(63)57-39-37-54(70(49-27-14-7-15-28-49)50-29-16-8-17-30-50)44-60(57)71(61)52-33-20-22-46(42-52)67(2,3)4/h5-44H,1-4H3. The number of hydrogen-bond acceptors (Lipinski definition) is 3. The Hall–Kier alpha value is -9.00. The maximum absolute atomic E-state index is 2.63. The molecule has 2 aromatic heterocycles. The summed E-state index contributed by atoms with van der Waals surface area (Å²) in [4.78, 5) is 7.32. The molecule has 12 aromatic rings. The predicted molar refractivity (Wildman–Crippen MR) is 310 cm³/mol. The molecule has 0 radical (unpaired) electrons. The molecule has 14 rings (SSSR count). The van der Waals surface area contributed by atoms with Crippen molar-refractivity contribution < 1.29 is 0 Å². The van der Waals surface area contributed by atoms with Crippen LogP contribution in [-0.4, -0.2) is 15.8 Å². The predicted octanol–water partition coefficient (Wildman–Crippen LogP) is 15.9. The molecule has 2 aliphatic rings. The largest absolute Gasteiger partial charge is 0.311 e. The van der Waals surface area contributed by atoms with Gasteiger partial charge in [0, 0.05) is 73.3 Å². The Bertz CT molecular complexity index is 4000. The molecule has 348 valence electrons. The Morgan fingerprint density at radius 1 is 0.370 bits per heavy atom. The van der Waals surface area contributed by atoms with Crippen LogP contribution in [0.5, 0.6) is 0 Å². The van der Waals surface area contributed by atoms with Gasteiger partial charge in [0.1, 0.15) is 0 Å². The summed E-state index contributed by atoms with van der Waals surface area (Å²) in [5, 5.41) is 2.45. The molecule has 4 heterocycles. The van der Waals surface area contributed by atoms with E-state index in [2.05, 4.69) is 294 Å². The van der Waals surface area contributed by atoms with E-state index >= 15 is 0 Å². The lowest BCUT2D eigenvalue weighted by Gasteiger charge is -2.41. The maximum Gasteiger partial charge on any atom is 0.252 e. The highest BCUT2D eigenvalue weighted by atomic mass is 15.2. The fraction of sp³-hybridized carbons (Fsp3) is 0.0746. The highest BCUT2D eigenvalue weighted by Gasteiger charge is 2.43. The van der Waals surface area contributed by atoms with Crippen LogP contribution in [0.1, 0.15) is 31.9 Å². The molecule has 0 saturated heterocycles. The van der Waals surface area contributed by atoms with Gasteiger partial charge in [0.15, 0.2) is 0 Å². The molecule has 73 heavy (non-hydrogen) atoms. The van der Waals surface area contributed by atoms with Crippen molar-refractivity contribution >= 4 is 107 Å². The molecule has 0 unspecified atom stereocenters.